The van der Waals surface area contributed by atoms with E-state index >= 15 is 0 Å². The topological polar surface area (TPSA) is 88.5 Å². The maximum Gasteiger partial charge on any atom is 0.221 e. The van der Waals surface area contributed by atoms with Crippen LogP contribution in [0.15, 0.2) is 24.5 Å². The summed E-state index contributed by atoms with van der Waals surface area (Å²) in [6, 6.07) is 6.36. The van der Waals surface area contributed by atoms with Crippen molar-refractivity contribution >= 4 is 23.1 Å². The number of aliphatic hydroxyl groups excluding tert-OH is 1. The highest BCUT2D eigenvalue weighted by atomic mass is 35.5. The summed E-state index contributed by atoms with van der Waals surface area (Å²) in [4.78, 5) is 8.69. The van der Waals surface area contributed by atoms with Gasteiger partial charge in [-0.15, -0.1) is 0 Å². The summed E-state index contributed by atoms with van der Waals surface area (Å²) in [6.07, 6.45) is 4.00. The van der Waals surface area contributed by atoms with Gasteiger partial charge < -0.3 is 25.2 Å². The highest BCUT2D eigenvalue weighted by Gasteiger charge is 2.33. The van der Waals surface area contributed by atoms with E-state index in [4.69, 9.17) is 26.2 Å². The molecule has 2 aliphatic rings. The number of hydrogen-bond acceptors (Lipinski definition) is 7. The van der Waals surface area contributed by atoms with E-state index in [2.05, 4.69) is 20.6 Å². The van der Waals surface area contributed by atoms with Crippen molar-refractivity contribution in [2.75, 3.05) is 25.1 Å². The summed E-state index contributed by atoms with van der Waals surface area (Å²) in [5.41, 5.74) is 2.59. The molecule has 1 aromatic carbocycles. The molecule has 7 nitrogen and oxygen atoms in total. The van der Waals surface area contributed by atoms with Crippen molar-refractivity contribution in [1.29, 1.82) is 0 Å². The molecule has 0 saturated carbocycles. The van der Waals surface area contributed by atoms with Crippen LogP contribution in [0, 0.1) is 6.92 Å². The van der Waals surface area contributed by atoms with Gasteiger partial charge in [-0.3, -0.25) is 0 Å². The van der Waals surface area contributed by atoms with E-state index in [0.29, 0.717) is 35.2 Å². The molecule has 0 radical (unpaired) electrons. The Labute approximate surface area is 169 Å². The average Bonchev–Trinajstić information content (AvgIpc) is 2.67. The quantitative estimate of drug-likeness (QED) is 0.682. The first kappa shape index (κ1) is 19.4. The van der Waals surface area contributed by atoms with Gasteiger partial charge in [0, 0.05) is 31.5 Å². The molecule has 2 unspecified atom stereocenters. The Morgan fingerprint density at radius 3 is 2.79 bits per heavy atom. The van der Waals surface area contributed by atoms with E-state index in [1.54, 1.807) is 0 Å². The first-order valence-corrected chi connectivity index (χ1v) is 9.98. The lowest BCUT2D eigenvalue weighted by Gasteiger charge is -2.39. The van der Waals surface area contributed by atoms with Crippen molar-refractivity contribution in [2.24, 2.45) is 0 Å². The molecular formula is C20H25ClN4O3. The molecule has 2 atom stereocenters. The second-order valence-electron chi connectivity index (χ2n) is 7.37. The Bertz CT molecular complexity index is 823. The average molecular weight is 405 g/mol. The number of nitrogens with zero attached hydrogens (tertiary/aromatic N) is 2. The molecule has 1 aromatic heterocycles. The molecule has 2 saturated heterocycles. The molecule has 4 rings (SSSR count). The van der Waals surface area contributed by atoms with Crippen LogP contribution in [0.25, 0.3) is 0 Å². The van der Waals surface area contributed by atoms with Crippen LogP contribution in [0.5, 0.6) is 5.88 Å². The van der Waals surface area contributed by atoms with Gasteiger partial charge in [0.15, 0.2) is 0 Å². The highest BCUT2D eigenvalue weighted by molar-refractivity contribution is 6.33. The minimum atomic E-state index is 0.0966. The smallest absolute Gasteiger partial charge is 0.221 e. The highest BCUT2D eigenvalue weighted by Crippen LogP contribution is 2.31. The van der Waals surface area contributed by atoms with Gasteiger partial charge in [0.05, 0.1) is 29.5 Å². The van der Waals surface area contributed by atoms with Crippen molar-refractivity contribution in [3.05, 3.63) is 40.7 Å². The van der Waals surface area contributed by atoms with E-state index in [0.717, 1.165) is 42.9 Å². The van der Waals surface area contributed by atoms with E-state index in [-0.39, 0.29) is 12.7 Å². The van der Waals surface area contributed by atoms with Crippen LogP contribution in [0.2, 0.25) is 5.02 Å². The zero-order valence-electron chi connectivity index (χ0n) is 15.8. The number of nitrogens with one attached hydrogen (secondary N) is 2. The molecular weight excluding hydrogens is 380 g/mol. The van der Waals surface area contributed by atoms with Gasteiger partial charge in [-0.1, -0.05) is 17.7 Å². The number of hydrogen-bond donors (Lipinski definition) is 3. The lowest BCUT2D eigenvalue weighted by molar-refractivity contribution is -0.0134. The van der Waals surface area contributed by atoms with Crippen LogP contribution >= 0.6 is 11.6 Å². The van der Waals surface area contributed by atoms with Gasteiger partial charge in [-0.25, -0.2) is 9.97 Å². The molecule has 3 N–H and O–H groups in total. The van der Waals surface area contributed by atoms with Crippen molar-refractivity contribution < 1.29 is 14.6 Å². The number of anilines is 2. The maximum atomic E-state index is 9.07. The number of halogens is 1. The number of ether oxygens (including phenoxy) is 2. The van der Waals surface area contributed by atoms with Crippen molar-refractivity contribution in [1.82, 2.24) is 15.3 Å². The minimum Gasteiger partial charge on any atom is -0.474 e. The lowest BCUT2D eigenvalue weighted by Crippen LogP contribution is -2.56. The second kappa shape index (κ2) is 8.61. The monoisotopic (exact) mass is 404 g/mol. The maximum absolute atomic E-state index is 9.07. The van der Waals surface area contributed by atoms with Crippen LogP contribution in [0.1, 0.15) is 24.0 Å². The Kier molecular flexibility index (Phi) is 5.96. The van der Waals surface area contributed by atoms with Crippen LogP contribution in [-0.2, 0) is 11.2 Å². The molecule has 28 heavy (non-hydrogen) atoms. The minimum absolute atomic E-state index is 0.0966. The van der Waals surface area contributed by atoms with E-state index in [1.165, 1.54) is 6.33 Å². The Balaban J connectivity index is 1.48. The molecule has 0 aliphatic carbocycles. The van der Waals surface area contributed by atoms with Gasteiger partial charge >= 0.3 is 0 Å². The summed E-state index contributed by atoms with van der Waals surface area (Å²) in [7, 11) is 0. The zero-order chi connectivity index (χ0) is 19.5. The third-order valence-corrected chi connectivity index (χ3v) is 5.52. The predicted molar refractivity (Wildman–Crippen MR) is 107 cm³/mol. The lowest BCUT2D eigenvalue weighted by atomic mass is 9.95. The first-order chi connectivity index (χ1) is 13.6. The summed E-state index contributed by atoms with van der Waals surface area (Å²) in [6.45, 7) is 3.50. The molecule has 2 aromatic rings. The standard InChI is InChI=1S/C20H25ClN4O3/c1-12-19(25-18-3-2-13(4-5-26)6-17(18)21)22-11-23-20(12)28-16-7-14-9-27-10-15(8-16)24-14/h2-3,6,11,14-16,24,26H,4-5,7-10H2,1H3,(H,22,23,25). The fourth-order valence-corrected chi connectivity index (χ4v) is 4.04. The van der Waals surface area contributed by atoms with Crippen LogP contribution in [-0.4, -0.2) is 53.1 Å². The van der Waals surface area contributed by atoms with Crippen molar-refractivity contribution in [3.63, 3.8) is 0 Å². The number of piperidine rings is 1. The number of morpholine rings is 1. The molecule has 0 spiro atoms. The van der Waals surface area contributed by atoms with Gasteiger partial charge in [0.1, 0.15) is 18.2 Å². The van der Waals surface area contributed by atoms with Gasteiger partial charge in [0.25, 0.3) is 0 Å². The molecule has 2 bridgehead atoms. The molecule has 2 fully saturated rings. The first-order valence-electron chi connectivity index (χ1n) is 9.60. The number of benzene rings is 1. The second-order valence-corrected chi connectivity index (χ2v) is 7.78. The molecule has 8 heteroatoms. The Hall–Kier alpha value is -1.93. The van der Waals surface area contributed by atoms with Gasteiger partial charge in [0.2, 0.25) is 5.88 Å². The Morgan fingerprint density at radius 2 is 2.07 bits per heavy atom. The van der Waals surface area contributed by atoms with E-state index in [1.807, 2.05) is 25.1 Å². The summed E-state index contributed by atoms with van der Waals surface area (Å²) in [5.74, 6) is 1.26. The summed E-state index contributed by atoms with van der Waals surface area (Å²) in [5, 5.41) is 16.5. The normalized spacial score (nSPS) is 24.0. The van der Waals surface area contributed by atoms with Gasteiger partial charge in [-0.2, -0.15) is 0 Å². The zero-order valence-corrected chi connectivity index (χ0v) is 16.6. The fraction of sp³-hybridized carbons (Fsp3) is 0.500. The van der Waals surface area contributed by atoms with Gasteiger partial charge in [-0.05, 0) is 31.0 Å². The van der Waals surface area contributed by atoms with Crippen molar-refractivity contribution in [3.8, 4) is 5.88 Å². The Morgan fingerprint density at radius 1 is 1.29 bits per heavy atom. The molecule has 2 aliphatic heterocycles. The molecule has 3 heterocycles. The third kappa shape index (κ3) is 4.38. The number of fused-ring (bicyclic) bond motifs is 2. The van der Waals surface area contributed by atoms with E-state index in [9.17, 15) is 0 Å². The van der Waals surface area contributed by atoms with Crippen molar-refractivity contribution in [2.45, 2.75) is 44.4 Å². The number of rotatable bonds is 6. The molecule has 150 valence electrons. The SMILES string of the molecule is Cc1c(Nc2ccc(CCO)cc2Cl)ncnc1OC1CC2COCC(C1)N2. The van der Waals surface area contributed by atoms with Crippen LogP contribution < -0.4 is 15.4 Å². The van der Waals surface area contributed by atoms with Crippen LogP contribution in [0.4, 0.5) is 11.5 Å². The summed E-state index contributed by atoms with van der Waals surface area (Å²) >= 11 is 6.38. The fourth-order valence-electron chi connectivity index (χ4n) is 3.79. The number of aromatic nitrogens is 2. The number of aliphatic hydroxyl groups is 1. The van der Waals surface area contributed by atoms with E-state index < -0.39 is 0 Å². The summed E-state index contributed by atoms with van der Waals surface area (Å²) < 4.78 is 11.8. The molecule has 0 amide bonds. The predicted octanol–water partition coefficient (Wildman–Crippen LogP) is 2.62. The third-order valence-electron chi connectivity index (χ3n) is 5.21. The van der Waals surface area contributed by atoms with Crippen LogP contribution in [0.3, 0.4) is 0 Å². The largest absolute Gasteiger partial charge is 0.474 e.